The zero-order chi connectivity index (χ0) is 12.3. The molecule has 6 heteroatoms. The zero-order valence-electron chi connectivity index (χ0n) is 8.90. The van der Waals surface area contributed by atoms with Crippen LogP contribution in [0.4, 0.5) is 5.69 Å². The van der Waals surface area contributed by atoms with Gasteiger partial charge in [0.25, 0.3) is 0 Å². The molecule has 0 aliphatic carbocycles. The third kappa shape index (κ3) is 3.61. The number of carbonyl (C=O) groups excluding carboxylic acids is 1. The van der Waals surface area contributed by atoms with E-state index in [0.29, 0.717) is 5.69 Å². The van der Waals surface area contributed by atoms with Crippen molar-refractivity contribution in [3.8, 4) is 0 Å². The second kappa shape index (κ2) is 4.97. The highest BCUT2D eigenvalue weighted by Crippen LogP contribution is 2.16. The highest BCUT2D eigenvalue weighted by atomic mass is 79.9. The second-order valence-electron chi connectivity index (χ2n) is 3.47. The van der Waals surface area contributed by atoms with Gasteiger partial charge in [0, 0.05) is 16.4 Å². The molecule has 1 unspecified atom stereocenters. The summed E-state index contributed by atoms with van der Waals surface area (Å²) in [5.41, 5.74) is 0.565. The number of hydrogen-bond acceptors (Lipinski definition) is 3. The first-order chi connectivity index (χ1) is 7.30. The third-order valence-electron chi connectivity index (χ3n) is 2.10. The summed E-state index contributed by atoms with van der Waals surface area (Å²) < 4.78 is 23.1. The number of anilines is 1. The summed E-state index contributed by atoms with van der Waals surface area (Å²) in [4.78, 5) is 11.6. The van der Waals surface area contributed by atoms with Crippen LogP contribution in [-0.4, -0.2) is 25.8 Å². The monoisotopic (exact) mass is 305 g/mol. The molecule has 0 aromatic heterocycles. The topological polar surface area (TPSA) is 63.2 Å². The molecule has 1 rings (SSSR count). The molecular formula is C10H12BrNO3S. The Labute approximate surface area is 103 Å². The molecule has 0 saturated carbocycles. The second-order valence-corrected chi connectivity index (χ2v) is 6.75. The van der Waals surface area contributed by atoms with E-state index in [2.05, 4.69) is 21.2 Å². The van der Waals surface area contributed by atoms with E-state index in [1.165, 1.54) is 6.92 Å². The van der Waals surface area contributed by atoms with Crippen molar-refractivity contribution in [3.05, 3.63) is 28.7 Å². The Morgan fingerprint density at radius 1 is 1.44 bits per heavy atom. The Morgan fingerprint density at radius 2 is 2.06 bits per heavy atom. The molecule has 0 aliphatic heterocycles. The predicted molar refractivity (Wildman–Crippen MR) is 67.1 cm³/mol. The number of halogens is 1. The van der Waals surface area contributed by atoms with Crippen LogP contribution in [0, 0.1) is 0 Å². The molecule has 0 heterocycles. The normalized spacial score (nSPS) is 13.2. The van der Waals surface area contributed by atoms with Crippen LogP contribution in [0.3, 0.4) is 0 Å². The van der Waals surface area contributed by atoms with Crippen LogP contribution < -0.4 is 5.32 Å². The van der Waals surface area contributed by atoms with Gasteiger partial charge in [-0.05, 0) is 25.1 Å². The van der Waals surface area contributed by atoms with Crippen molar-refractivity contribution < 1.29 is 13.2 Å². The number of hydrogen-bond donors (Lipinski definition) is 1. The Bertz CT molecular complexity index is 499. The highest BCUT2D eigenvalue weighted by molar-refractivity contribution is 9.10. The molecule has 88 valence electrons. The molecule has 1 amide bonds. The van der Waals surface area contributed by atoms with Gasteiger partial charge in [-0.25, -0.2) is 8.42 Å². The van der Waals surface area contributed by atoms with Crippen LogP contribution in [-0.2, 0) is 14.6 Å². The van der Waals surface area contributed by atoms with E-state index >= 15 is 0 Å². The minimum absolute atomic E-state index is 0.527. The first kappa shape index (κ1) is 13.2. The standard InChI is InChI=1S/C10H12BrNO3S/c1-7(16(2,14)15)10(13)12-9-5-3-4-8(11)6-9/h3-7H,1-2H3,(H,12,13). The maximum absolute atomic E-state index is 11.6. The summed E-state index contributed by atoms with van der Waals surface area (Å²) in [6, 6.07) is 6.96. The van der Waals surface area contributed by atoms with Crippen LogP contribution in [0.5, 0.6) is 0 Å². The van der Waals surface area contributed by atoms with Crippen molar-refractivity contribution in [3.63, 3.8) is 0 Å². The van der Waals surface area contributed by atoms with Crippen molar-refractivity contribution in [2.45, 2.75) is 12.2 Å². The van der Waals surface area contributed by atoms with Crippen molar-refractivity contribution in [2.24, 2.45) is 0 Å². The van der Waals surface area contributed by atoms with E-state index in [-0.39, 0.29) is 0 Å². The fourth-order valence-corrected chi connectivity index (χ4v) is 1.85. The molecule has 0 aliphatic rings. The van der Waals surface area contributed by atoms with Crippen molar-refractivity contribution >= 4 is 37.4 Å². The molecule has 0 radical (unpaired) electrons. The van der Waals surface area contributed by atoms with Crippen LogP contribution in [0.15, 0.2) is 28.7 Å². The van der Waals surface area contributed by atoms with Crippen molar-refractivity contribution in [1.29, 1.82) is 0 Å². The molecule has 1 aromatic carbocycles. The van der Waals surface area contributed by atoms with Gasteiger partial charge in [-0.1, -0.05) is 22.0 Å². The van der Waals surface area contributed by atoms with Crippen molar-refractivity contribution in [1.82, 2.24) is 0 Å². The largest absolute Gasteiger partial charge is 0.325 e. The number of nitrogens with one attached hydrogen (secondary N) is 1. The summed E-state index contributed by atoms with van der Waals surface area (Å²) in [6.45, 7) is 1.36. The predicted octanol–water partition coefficient (Wildman–Crippen LogP) is 1.82. The average Bonchev–Trinajstić information content (AvgIpc) is 2.15. The first-order valence-electron chi connectivity index (χ1n) is 4.56. The van der Waals surface area contributed by atoms with E-state index < -0.39 is 21.0 Å². The molecular weight excluding hydrogens is 294 g/mol. The molecule has 16 heavy (non-hydrogen) atoms. The van der Waals surface area contributed by atoms with Gasteiger partial charge in [0.05, 0.1) is 0 Å². The van der Waals surface area contributed by atoms with Gasteiger partial charge >= 0.3 is 0 Å². The smallest absolute Gasteiger partial charge is 0.242 e. The summed E-state index contributed by atoms with van der Waals surface area (Å²) in [7, 11) is -3.36. The quantitative estimate of drug-likeness (QED) is 0.926. The number of rotatable bonds is 3. The van der Waals surface area contributed by atoms with Crippen LogP contribution in [0.1, 0.15) is 6.92 Å². The fraction of sp³-hybridized carbons (Fsp3) is 0.300. The number of amides is 1. The molecule has 0 bridgehead atoms. The summed E-state index contributed by atoms with van der Waals surface area (Å²) in [5, 5.41) is 1.49. The van der Waals surface area contributed by atoms with Crippen LogP contribution in [0.25, 0.3) is 0 Å². The molecule has 0 saturated heterocycles. The Kier molecular flexibility index (Phi) is 4.09. The van der Waals surface area contributed by atoms with Gasteiger partial charge in [0.1, 0.15) is 5.25 Å². The summed E-state index contributed by atoms with van der Waals surface area (Å²) >= 11 is 3.26. The number of carbonyl (C=O) groups is 1. The lowest BCUT2D eigenvalue weighted by molar-refractivity contribution is -0.115. The average molecular weight is 306 g/mol. The first-order valence-corrected chi connectivity index (χ1v) is 7.31. The Morgan fingerprint density at radius 3 is 2.56 bits per heavy atom. The number of sulfone groups is 1. The number of benzene rings is 1. The summed E-state index contributed by atoms with van der Waals surface area (Å²) in [6.07, 6.45) is 1.04. The van der Waals surface area contributed by atoms with Gasteiger partial charge in [-0.3, -0.25) is 4.79 Å². The highest BCUT2D eigenvalue weighted by Gasteiger charge is 2.23. The fourth-order valence-electron chi connectivity index (χ4n) is 1.00. The van der Waals surface area contributed by atoms with E-state index in [1.54, 1.807) is 18.2 Å². The van der Waals surface area contributed by atoms with E-state index in [0.717, 1.165) is 10.7 Å². The maximum atomic E-state index is 11.6. The van der Waals surface area contributed by atoms with E-state index in [4.69, 9.17) is 0 Å². The maximum Gasteiger partial charge on any atom is 0.242 e. The molecule has 0 spiro atoms. The molecule has 0 fully saturated rings. The van der Waals surface area contributed by atoms with Gasteiger partial charge in [0.15, 0.2) is 9.84 Å². The van der Waals surface area contributed by atoms with Crippen LogP contribution in [0.2, 0.25) is 0 Å². The Balaban J connectivity index is 2.80. The van der Waals surface area contributed by atoms with Gasteiger partial charge in [-0.2, -0.15) is 0 Å². The lowest BCUT2D eigenvalue weighted by Gasteiger charge is -2.10. The lowest BCUT2D eigenvalue weighted by Crippen LogP contribution is -2.31. The van der Waals surface area contributed by atoms with Gasteiger partial charge in [-0.15, -0.1) is 0 Å². The molecule has 4 nitrogen and oxygen atoms in total. The lowest BCUT2D eigenvalue weighted by atomic mass is 10.3. The Hall–Kier alpha value is -0.880. The van der Waals surface area contributed by atoms with Gasteiger partial charge in [0.2, 0.25) is 5.91 Å². The van der Waals surface area contributed by atoms with Crippen molar-refractivity contribution in [2.75, 3.05) is 11.6 Å². The van der Waals surface area contributed by atoms with E-state index in [1.807, 2.05) is 6.07 Å². The minimum Gasteiger partial charge on any atom is -0.325 e. The molecule has 1 N–H and O–H groups in total. The third-order valence-corrected chi connectivity index (χ3v) is 4.10. The zero-order valence-corrected chi connectivity index (χ0v) is 11.3. The van der Waals surface area contributed by atoms with Gasteiger partial charge < -0.3 is 5.32 Å². The summed E-state index contributed by atoms with van der Waals surface area (Å²) in [5.74, 6) is -0.527. The SMILES string of the molecule is CC(C(=O)Nc1cccc(Br)c1)S(C)(=O)=O. The molecule has 1 atom stereocenters. The van der Waals surface area contributed by atoms with E-state index in [9.17, 15) is 13.2 Å². The minimum atomic E-state index is -3.36. The van der Waals surface area contributed by atoms with Crippen LogP contribution >= 0.6 is 15.9 Å². The molecule has 1 aromatic rings.